The lowest BCUT2D eigenvalue weighted by Gasteiger charge is -2.26. The summed E-state index contributed by atoms with van der Waals surface area (Å²) in [6.07, 6.45) is -0.236. The quantitative estimate of drug-likeness (QED) is 0.819. The van der Waals surface area contributed by atoms with E-state index in [0.29, 0.717) is 0 Å². The zero-order valence-electron chi connectivity index (χ0n) is 10.7. The van der Waals surface area contributed by atoms with Crippen molar-refractivity contribution >= 4 is 15.9 Å². The van der Waals surface area contributed by atoms with Crippen molar-refractivity contribution in [1.29, 1.82) is 0 Å². The maximum absolute atomic E-state index is 5.23. The highest BCUT2D eigenvalue weighted by Gasteiger charge is 2.19. The minimum atomic E-state index is -0.236. The summed E-state index contributed by atoms with van der Waals surface area (Å²) in [5.74, 6) is 0. The SMILES string of the molecule is COC(OC)C(C)N[C@@H](C)c1ccccc1Br. The zero-order valence-corrected chi connectivity index (χ0v) is 12.3. The average molecular weight is 302 g/mol. The van der Waals surface area contributed by atoms with Gasteiger partial charge >= 0.3 is 0 Å². The Hall–Kier alpha value is -0.420. The van der Waals surface area contributed by atoms with Crippen molar-refractivity contribution in [2.24, 2.45) is 0 Å². The number of benzene rings is 1. The van der Waals surface area contributed by atoms with E-state index >= 15 is 0 Å². The third kappa shape index (κ3) is 4.07. The molecule has 0 saturated carbocycles. The largest absolute Gasteiger partial charge is 0.354 e. The Kier molecular flexibility index (Phi) is 6.12. The molecule has 0 radical (unpaired) electrons. The highest BCUT2D eigenvalue weighted by atomic mass is 79.9. The Morgan fingerprint density at radius 3 is 2.24 bits per heavy atom. The molecule has 0 amide bonds. The van der Waals surface area contributed by atoms with E-state index in [1.165, 1.54) is 5.56 Å². The molecule has 1 aromatic rings. The molecule has 0 aliphatic rings. The highest BCUT2D eigenvalue weighted by Crippen LogP contribution is 2.23. The third-order valence-corrected chi connectivity index (χ3v) is 3.48. The van der Waals surface area contributed by atoms with Crippen molar-refractivity contribution in [3.8, 4) is 0 Å². The molecule has 0 aliphatic heterocycles. The normalized spacial score (nSPS) is 14.9. The number of rotatable bonds is 6. The summed E-state index contributed by atoms with van der Waals surface area (Å²) < 4.78 is 11.6. The first kappa shape index (κ1) is 14.6. The van der Waals surface area contributed by atoms with Gasteiger partial charge in [-0.25, -0.2) is 0 Å². The number of hydrogen-bond donors (Lipinski definition) is 1. The molecule has 0 fully saturated rings. The predicted molar refractivity (Wildman–Crippen MR) is 73.0 cm³/mol. The first-order chi connectivity index (χ1) is 8.10. The van der Waals surface area contributed by atoms with Crippen molar-refractivity contribution in [3.05, 3.63) is 34.3 Å². The van der Waals surface area contributed by atoms with E-state index < -0.39 is 0 Å². The Labute approximate surface area is 112 Å². The van der Waals surface area contributed by atoms with Gasteiger partial charge < -0.3 is 14.8 Å². The van der Waals surface area contributed by atoms with Crippen LogP contribution in [-0.4, -0.2) is 26.6 Å². The molecule has 0 heterocycles. The average Bonchev–Trinajstić information content (AvgIpc) is 2.31. The number of methoxy groups -OCH3 is 2. The minimum Gasteiger partial charge on any atom is -0.354 e. The fourth-order valence-electron chi connectivity index (χ4n) is 1.89. The molecular weight excluding hydrogens is 282 g/mol. The summed E-state index contributed by atoms with van der Waals surface area (Å²) in [6, 6.07) is 8.54. The molecule has 1 N–H and O–H groups in total. The van der Waals surface area contributed by atoms with Gasteiger partial charge in [-0.05, 0) is 25.5 Å². The second kappa shape index (κ2) is 7.11. The molecule has 1 unspecified atom stereocenters. The van der Waals surface area contributed by atoms with Gasteiger partial charge in [0.15, 0.2) is 6.29 Å². The van der Waals surface area contributed by atoms with Crippen LogP contribution in [0.4, 0.5) is 0 Å². The standard InChI is InChI=1S/C13H20BrNO2/c1-9(11-7-5-6-8-12(11)14)15-10(2)13(16-3)17-4/h5-10,13,15H,1-4H3/t9-,10?/m0/s1. The van der Waals surface area contributed by atoms with Crippen LogP contribution in [0, 0.1) is 0 Å². The molecule has 0 aromatic heterocycles. The second-order valence-corrected chi connectivity index (χ2v) is 4.89. The monoisotopic (exact) mass is 301 g/mol. The van der Waals surface area contributed by atoms with E-state index in [2.05, 4.69) is 34.2 Å². The fraction of sp³-hybridized carbons (Fsp3) is 0.538. The summed E-state index contributed by atoms with van der Waals surface area (Å²) in [5, 5.41) is 3.46. The Bertz CT molecular complexity index is 342. The van der Waals surface area contributed by atoms with Gasteiger partial charge in [-0.15, -0.1) is 0 Å². The highest BCUT2D eigenvalue weighted by molar-refractivity contribution is 9.10. The van der Waals surface area contributed by atoms with Crippen LogP contribution in [0.2, 0.25) is 0 Å². The van der Waals surface area contributed by atoms with Crippen LogP contribution < -0.4 is 5.32 Å². The van der Waals surface area contributed by atoms with Gasteiger partial charge in [-0.3, -0.25) is 0 Å². The van der Waals surface area contributed by atoms with Crippen LogP contribution in [0.3, 0.4) is 0 Å². The Balaban J connectivity index is 2.66. The summed E-state index contributed by atoms with van der Waals surface area (Å²) in [6.45, 7) is 4.17. The van der Waals surface area contributed by atoms with E-state index in [4.69, 9.17) is 9.47 Å². The summed E-state index contributed by atoms with van der Waals surface area (Å²) in [7, 11) is 3.30. The molecule has 4 heteroatoms. The third-order valence-electron chi connectivity index (χ3n) is 2.76. The molecule has 96 valence electrons. The molecule has 1 rings (SSSR count). The van der Waals surface area contributed by atoms with E-state index in [1.807, 2.05) is 25.1 Å². The van der Waals surface area contributed by atoms with Crippen molar-refractivity contribution in [2.75, 3.05) is 14.2 Å². The summed E-state index contributed by atoms with van der Waals surface area (Å²) >= 11 is 3.56. The number of ether oxygens (including phenoxy) is 2. The lowest BCUT2D eigenvalue weighted by molar-refractivity contribution is -0.120. The van der Waals surface area contributed by atoms with Crippen LogP contribution >= 0.6 is 15.9 Å². The van der Waals surface area contributed by atoms with Crippen LogP contribution in [0.5, 0.6) is 0 Å². The van der Waals surface area contributed by atoms with Gasteiger partial charge in [-0.2, -0.15) is 0 Å². The van der Waals surface area contributed by atoms with E-state index in [-0.39, 0.29) is 18.4 Å². The zero-order chi connectivity index (χ0) is 12.8. The van der Waals surface area contributed by atoms with Crippen molar-refractivity contribution < 1.29 is 9.47 Å². The summed E-state index contributed by atoms with van der Waals surface area (Å²) in [4.78, 5) is 0. The van der Waals surface area contributed by atoms with Gasteiger partial charge in [0.25, 0.3) is 0 Å². The van der Waals surface area contributed by atoms with Crippen molar-refractivity contribution in [1.82, 2.24) is 5.32 Å². The molecule has 2 atom stereocenters. The molecule has 3 nitrogen and oxygen atoms in total. The second-order valence-electron chi connectivity index (χ2n) is 4.04. The van der Waals surface area contributed by atoms with Crippen LogP contribution in [0.15, 0.2) is 28.7 Å². The van der Waals surface area contributed by atoms with Gasteiger partial charge in [0.05, 0.1) is 6.04 Å². The molecular formula is C13H20BrNO2. The molecule has 1 aromatic carbocycles. The van der Waals surface area contributed by atoms with E-state index in [1.54, 1.807) is 14.2 Å². The van der Waals surface area contributed by atoms with Gasteiger partial charge in [0.1, 0.15) is 0 Å². The van der Waals surface area contributed by atoms with Crippen molar-refractivity contribution in [2.45, 2.75) is 32.2 Å². The van der Waals surface area contributed by atoms with E-state index in [0.717, 1.165) is 4.47 Å². The Morgan fingerprint density at radius 1 is 1.12 bits per heavy atom. The molecule has 0 bridgehead atoms. The van der Waals surface area contributed by atoms with Crippen LogP contribution in [0.1, 0.15) is 25.5 Å². The number of hydrogen-bond acceptors (Lipinski definition) is 3. The maximum atomic E-state index is 5.23. The van der Waals surface area contributed by atoms with Gasteiger partial charge in [0, 0.05) is 24.7 Å². The molecule has 17 heavy (non-hydrogen) atoms. The minimum absolute atomic E-state index is 0.118. The summed E-state index contributed by atoms with van der Waals surface area (Å²) in [5.41, 5.74) is 1.23. The smallest absolute Gasteiger partial charge is 0.171 e. The van der Waals surface area contributed by atoms with E-state index in [9.17, 15) is 0 Å². The Morgan fingerprint density at radius 2 is 1.71 bits per heavy atom. The number of halogens is 1. The predicted octanol–water partition coefficient (Wildman–Crippen LogP) is 3.11. The topological polar surface area (TPSA) is 30.5 Å². The first-order valence-corrected chi connectivity index (χ1v) is 6.45. The van der Waals surface area contributed by atoms with Crippen molar-refractivity contribution in [3.63, 3.8) is 0 Å². The first-order valence-electron chi connectivity index (χ1n) is 5.66. The lowest BCUT2D eigenvalue weighted by atomic mass is 10.1. The molecule has 0 saturated heterocycles. The van der Waals surface area contributed by atoms with Crippen LogP contribution in [0.25, 0.3) is 0 Å². The maximum Gasteiger partial charge on any atom is 0.171 e. The van der Waals surface area contributed by atoms with Gasteiger partial charge in [0.2, 0.25) is 0 Å². The van der Waals surface area contributed by atoms with Crippen LogP contribution in [-0.2, 0) is 9.47 Å². The number of nitrogens with one attached hydrogen (secondary N) is 1. The molecule has 0 spiro atoms. The lowest BCUT2D eigenvalue weighted by Crippen LogP contribution is -2.40. The van der Waals surface area contributed by atoms with Gasteiger partial charge in [-0.1, -0.05) is 34.1 Å². The molecule has 0 aliphatic carbocycles. The fourth-order valence-corrected chi connectivity index (χ4v) is 2.52.